The second-order valence-corrected chi connectivity index (χ2v) is 10.5. The highest BCUT2D eigenvalue weighted by atomic mass is 79.9. The van der Waals surface area contributed by atoms with E-state index in [0.29, 0.717) is 12.2 Å². The largest absolute Gasteiger partial charge is 0.462 e. The molecule has 1 fully saturated rings. The first kappa shape index (κ1) is 28.5. The van der Waals surface area contributed by atoms with Crippen LogP contribution in [0.5, 0.6) is 0 Å². The molecule has 0 amide bonds. The van der Waals surface area contributed by atoms with E-state index >= 15 is 0 Å². The predicted molar refractivity (Wildman–Crippen MR) is 158 cm³/mol. The molecule has 4 rings (SSSR count). The predicted octanol–water partition coefficient (Wildman–Crippen LogP) is 5.69. The number of nitrogens with one attached hydrogen (secondary N) is 1. The summed E-state index contributed by atoms with van der Waals surface area (Å²) in [5.41, 5.74) is 4.32. The van der Waals surface area contributed by atoms with Crippen molar-refractivity contribution in [2.45, 2.75) is 26.7 Å². The van der Waals surface area contributed by atoms with E-state index < -0.39 is 0 Å². The lowest BCUT2D eigenvalue weighted by Crippen LogP contribution is -2.37. The highest BCUT2D eigenvalue weighted by Gasteiger charge is 2.18. The van der Waals surface area contributed by atoms with Crippen LogP contribution in [0.15, 0.2) is 53.1 Å². The Morgan fingerprint density at radius 3 is 2.55 bits per heavy atom. The molecule has 38 heavy (non-hydrogen) atoms. The zero-order valence-corrected chi connectivity index (χ0v) is 24.1. The Kier molecular flexibility index (Phi) is 10.9. The number of aromatic nitrogens is 1. The summed E-state index contributed by atoms with van der Waals surface area (Å²) in [6.45, 7) is 12.9. The number of carbonyl (C=O) groups is 1. The molecule has 1 aromatic heterocycles. The smallest absolute Gasteiger partial charge is 0.341 e. The van der Waals surface area contributed by atoms with Crippen molar-refractivity contribution in [3.63, 3.8) is 0 Å². The number of esters is 1. The number of anilines is 1. The van der Waals surface area contributed by atoms with Gasteiger partial charge in [-0.3, -0.25) is 9.88 Å². The zero-order valence-electron chi connectivity index (χ0n) is 22.5. The molecular formula is C30H39BrN4O3. The molecule has 0 saturated carbocycles. The van der Waals surface area contributed by atoms with E-state index in [-0.39, 0.29) is 5.97 Å². The second kappa shape index (κ2) is 14.6. The maximum atomic E-state index is 13.2. The lowest BCUT2D eigenvalue weighted by Gasteiger charge is -2.26. The quantitative estimate of drug-likeness (QED) is 0.205. The van der Waals surface area contributed by atoms with Crippen molar-refractivity contribution < 1.29 is 14.3 Å². The van der Waals surface area contributed by atoms with Crippen molar-refractivity contribution in [3.8, 4) is 11.1 Å². The van der Waals surface area contributed by atoms with Crippen molar-refractivity contribution in [3.05, 3.63) is 58.7 Å². The molecule has 0 unspecified atom stereocenters. The highest BCUT2D eigenvalue weighted by molar-refractivity contribution is 9.10. The first-order valence-electron chi connectivity index (χ1n) is 13.7. The van der Waals surface area contributed by atoms with Gasteiger partial charge in [0.25, 0.3) is 0 Å². The summed E-state index contributed by atoms with van der Waals surface area (Å²) in [7, 11) is 0. The van der Waals surface area contributed by atoms with Gasteiger partial charge in [-0.1, -0.05) is 48.0 Å². The van der Waals surface area contributed by atoms with E-state index in [0.717, 1.165) is 104 Å². The number of ether oxygens (including phenoxy) is 2. The van der Waals surface area contributed by atoms with Gasteiger partial charge in [0, 0.05) is 42.2 Å². The number of benzene rings is 2. The van der Waals surface area contributed by atoms with Crippen LogP contribution in [-0.2, 0) is 9.47 Å². The lowest BCUT2D eigenvalue weighted by atomic mass is 10.0. The minimum atomic E-state index is -0.332. The molecule has 1 aliphatic heterocycles. The van der Waals surface area contributed by atoms with Crippen LogP contribution in [0, 0.1) is 0 Å². The third kappa shape index (κ3) is 7.76. The van der Waals surface area contributed by atoms with E-state index in [1.54, 1.807) is 6.20 Å². The van der Waals surface area contributed by atoms with Gasteiger partial charge in [0.1, 0.15) is 5.56 Å². The minimum absolute atomic E-state index is 0.332. The molecule has 0 atom stereocenters. The Labute approximate surface area is 234 Å². The van der Waals surface area contributed by atoms with Crippen molar-refractivity contribution >= 4 is 38.5 Å². The van der Waals surface area contributed by atoms with Gasteiger partial charge in [-0.2, -0.15) is 0 Å². The number of morpholine rings is 1. The standard InChI is InChI=1S/C30H39BrN4O3/c1-3-34(4-2)14-5-13-32-29-26-21-24(23-7-10-25(31)11-8-23)9-12-28(26)33-22-27(29)30(36)38-18-6-15-35-16-19-37-20-17-35/h7-12,21-22H,3-6,13-20H2,1-2H3,(H,32,33). The Hall–Kier alpha value is -2.52. The Bertz CT molecular complexity index is 1180. The summed E-state index contributed by atoms with van der Waals surface area (Å²) in [4.78, 5) is 22.6. The maximum absolute atomic E-state index is 13.2. The zero-order chi connectivity index (χ0) is 26.7. The first-order chi connectivity index (χ1) is 18.6. The first-order valence-corrected chi connectivity index (χ1v) is 14.5. The van der Waals surface area contributed by atoms with Crippen LogP contribution in [-0.4, -0.2) is 86.4 Å². The number of nitrogens with zero attached hydrogens (tertiary/aromatic N) is 3. The molecule has 3 aromatic rings. The van der Waals surface area contributed by atoms with E-state index in [9.17, 15) is 4.79 Å². The van der Waals surface area contributed by atoms with Crippen molar-refractivity contribution in [1.82, 2.24) is 14.8 Å². The molecule has 0 spiro atoms. The van der Waals surface area contributed by atoms with Crippen LogP contribution in [0.2, 0.25) is 0 Å². The molecule has 2 aromatic carbocycles. The maximum Gasteiger partial charge on any atom is 0.341 e. The van der Waals surface area contributed by atoms with Crippen LogP contribution >= 0.6 is 15.9 Å². The average Bonchev–Trinajstić information content (AvgIpc) is 2.96. The lowest BCUT2D eigenvalue weighted by molar-refractivity contribution is 0.0298. The second-order valence-electron chi connectivity index (χ2n) is 9.54. The van der Waals surface area contributed by atoms with Crippen LogP contribution < -0.4 is 5.32 Å². The average molecular weight is 584 g/mol. The monoisotopic (exact) mass is 582 g/mol. The van der Waals surface area contributed by atoms with Crippen molar-refractivity contribution in [2.75, 3.05) is 71.0 Å². The fourth-order valence-corrected chi connectivity index (χ4v) is 5.04. The topological polar surface area (TPSA) is 66.9 Å². The van der Waals surface area contributed by atoms with Gasteiger partial charge in [0.05, 0.1) is 31.0 Å². The normalized spacial score (nSPS) is 14.2. The number of rotatable bonds is 13. The van der Waals surface area contributed by atoms with E-state index in [1.807, 2.05) is 18.2 Å². The van der Waals surface area contributed by atoms with Gasteiger partial charge < -0.3 is 19.7 Å². The summed E-state index contributed by atoms with van der Waals surface area (Å²) < 4.78 is 12.2. The van der Waals surface area contributed by atoms with Crippen LogP contribution in [0.4, 0.5) is 5.69 Å². The van der Waals surface area contributed by atoms with Crippen LogP contribution in [0.25, 0.3) is 22.0 Å². The van der Waals surface area contributed by atoms with Crippen molar-refractivity contribution in [2.24, 2.45) is 0 Å². The van der Waals surface area contributed by atoms with Gasteiger partial charge in [-0.05, 0) is 67.9 Å². The molecule has 0 radical (unpaired) electrons. The summed E-state index contributed by atoms with van der Waals surface area (Å²) in [6.07, 6.45) is 3.43. The van der Waals surface area contributed by atoms with Gasteiger partial charge >= 0.3 is 5.97 Å². The van der Waals surface area contributed by atoms with Crippen LogP contribution in [0.3, 0.4) is 0 Å². The Morgan fingerprint density at radius 1 is 1.08 bits per heavy atom. The molecule has 1 saturated heterocycles. The van der Waals surface area contributed by atoms with E-state index in [2.05, 4.69) is 74.1 Å². The van der Waals surface area contributed by atoms with Crippen molar-refractivity contribution in [1.29, 1.82) is 0 Å². The van der Waals surface area contributed by atoms with E-state index in [4.69, 9.17) is 9.47 Å². The SMILES string of the molecule is CCN(CC)CCCNc1c(C(=O)OCCCN2CCOCC2)cnc2ccc(-c3ccc(Br)cc3)cc12. The summed E-state index contributed by atoms with van der Waals surface area (Å²) in [5.74, 6) is -0.332. The van der Waals surface area contributed by atoms with Gasteiger partial charge in [0.2, 0.25) is 0 Å². The Balaban J connectivity index is 1.53. The molecular weight excluding hydrogens is 544 g/mol. The van der Waals surface area contributed by atoms with Gasteiger partial charge in [-0.15, -0.1) is 0 Å². The molecule has 204 valence electrons. The summed E-state index contributed by atoms with van der Waals surface area (Å²) in [5, 5.41) is 4.50. The number of fused-ring (bicyclic) bond motifs is 1. The fourth-order valence-electron chi connectivity index (χ4n) is 4.77. The third-order valence-corrected chi connectivity index (χ3v) is 7.60. The molecule has 2 heterocycles. The number of hydrogen-bond donors (Lipinski definition) is 1. The molecule has 1 aliphatic rings. The highest BCUT2D eigenvalue weighted by Crippen LogP contribution is 2.31. The Morgan fingerprint density at radius 2 is 1.82 bits per heavy atom. The summed E-state index contributed by atoms with van der Waals surface area (Å²) >= 11 is 3.52. The molecule has 1 N–H and O–H groups in total. The third-order valence-electron chi connectivity index (χ3n) is 7.07. The number of hydrogen-bond acceptors (Lipinski definition) is 7. The van der Waals surface area contributed by atoms with Crippen LogP contribution in [0.1, 0.15) is 37.0 Å². The number of carbonyl (C=O) groups excluding carboxylic acids is 1. The number of halogens is 1. The van der Waals surface area contributed by atoms with E-state index in [1.165, 1.54) is 0 Å². The van der Waals surface area contributed by atoms with Gasteiger partial charge in [-0.25, -0.2) is 4.79 Å². The molecule has 0 bridgehead atoms. The molecule has 0 aliphatic carbocycles. The molecule has 7 nitrogen and oxygen atoms in total. The fraction of sp³-hybridized carbons (Fsp3) is 0.467. The minimum Gasteiger partial charge on any atom is -0.462 e. The molecule has 8 heteroatoms. The number of pyridine rings is 1. The summed E-state index contributed by atoms with van der Waals surface area (Å²) in [6, 6.07) is 14.5. The van der Waals surface area contributed by atoms with Gasteiger partial charge in [0.15, 0.2) is 0 Å².